The Hall–Kier alpha value is -1.52. The molecule has 0 radical (unpaired) electrons. The standard InChI is InChI=1S/C13H23N5/c1-11-12(10-16-17(11)2)9-15-13(14)18-7-5-3-4-6-8-18/h10H,3-9H2,1-2H3,(H2,14,15). The molecule has 0 bridgehead atoms. The minimum Gasteiger partial charge on any atom is -0.370 e. The summed E-state index contributed by atoms with van der Waals surface area (Å²) in [6, 6.07) is 0. The van der Waals surface area contributed by atoms with Crippen LogP contribution in [-0.4, -0.2) is 33.7 Å². The lowest BCUT2D eigenvalue weighted by Gasteiger charge is -2.21. The topological polar surface area (TPSA) is 59.4 Å². The number of nitrogens with two attached hydrogens (primary N) is 1. The van der Waals surface area contributed by atoms with Crippen LogP contribution in [0.25, 0.3) is 0 Å². The van der Waals surface area contributed by atoms with E-state index < -0.39 is 0 Å². The van der Waals surface area contributed by atoms with Crippen molar-refractivity contribution in [1.82, 2.24) is 14.7 Å². The molecule has 5 nitrogen and oxygen atoms in total. The van der Waals surface area contributed by atoms with Crippen LogP contribution in [0.3, 0.4) is 0 Å². The number of nitrogens with zero attached hydrogens (tertiary/aromatic N) is 4. The predicted molar refractivity (Wildman–Crippen MR) is 73.3 cm³/mol. The van der Waals surface area contributed by atoms with Gasteiger partial charge in [0.25, 0.3) is 0 Å². The van der Waals surface area contributed by atoms with Crippen LogP contribution in [0.5, 0.6) is 0 Å². The molecule has 100 valence electrons. The normalized spacial score (nSPS) is 17.9. The van der Waals surface area contributed by atoms with E-state index in [0.717, 1.165) is 24.3 Å². The van der Waals surface area contributed by atoms with Crippen LogP contribution in [0.4, 0.5) is 0 Å². The lowest BCUT2D eigenvalue weighted by Crippen LogP contribution is -2.38. The van der Waals surface area contributed by atoms with Crippen LogP contribution in [-0.2, 0) is 13.6 Å². The zero-order valence-electron chi connectivity index (χ0n) is 11.4. The largest absolute Gasteiger partial charge is 0.370 e. The molecule has 1 saturated heterocycles. The summed E-state index contributed by atoms with van der Waals surface area (Å²) in [5.41, 5.74) is 8.37. The van der Waals surface area contributed by atoms with E-state index in [1.165, 1.54) is 25.7 Å². The molecule has 2 heterocycles. The number of aromatic nitrogens is 2. The van der Waals surface area contributed by atoms with E-state index in [2.05, 4.69) is 21.9 Å². The highest BCUT2D eigenvalue weighted by atomic mass is 15.3. The molecule has 0 aliphatic carbocycles. The molecule has 1 aromatic heterocycles. The molecular weight excluding hydrogens is 226 g/mol. The second-order valence-corrected chi connectivity index (χ2v) is 4.95. The lowest BCUT2D eigenvalue weighted by atomic mass is 10.2. The van der Waals surface area contributed by atoms with Gasteiger partial charge in [0.15, 0.2) is 5.96 Å². The third-order valence-corrected chi connectivity index (χ3v) is 3.68. The Morgan fingerprint density at radius 2 is 2.00 bits per heavy atom. The first kappa shape index (κ1) is 12.9. The maximum absolute atomic E-state index is 6.07. The monoisotopic (exact) mass is 249 g/mol. The van der Waals surface area contributed by atoms with E-state index in [9.17, 15) is 0 Å². The van der Waals surface area contributed by atoms with Crippen molar-refractivity contribution in [3.63, 3.8) is 0 Å². The fourth-order valence-corrected chi connectivity index (χ4v) is 2.27. The quantitative estimate of drug-likeness (QED) is 0.637. The molecule has 0 amide bonds. The van der Waals surface area contributed by atoms with Gasteiger partial charge in [0.05, 0.1) is 12.7 Å². The van der Waals surface area contributed by atoms with Gasteiger partial charge in [-0.3, -0.25) is 4.68 Å². The third-order valence-electron chi connectivity index (χ3n) is 3.68. The molecule has 5 heteroatoms. The highest BCUT2D eigenvalue weighted by Crippen LogP contribution is 2.10. The van der Waals surface area contributed by atoms with Crippen LogP contribution in [0, 0.1) is 6.92 Å². The number of hydrogen-bond acceptors (Lipinski definition) is 2. The Kier molecular flexibility index (Phi) is 4.23. The number of likely N-dealkylation sites (tertiary alicyclic amines) is 1. The molecule has 0 atom stereocenters. The van der Waals surface area contributed by atoms with Crippen molar-refractivity contribution < 1.29 is 0 Å². The fourth-order valence-electron chi connectivity index (χ4n) is 2.27. The van der Waals surface area contributed by atoms with Crippen molar-refractivity contribution in [3.05, 3.63) is 17.5 Å². The van der Waals surface area contributed by atoms with Gasteiger partial charge in [0, 0.05) is 31.4 Å². The average molecular weight is 249 g/mol. The van der Waals surface area contributed by atoms with Crippen molar-refractivity contribution in [3.8, 4) is 0 Å². The summed E-state index contributed by atoms with van der Waals surface area (Å²) >= 11 is 0. The van der Waals surface area contributed by atoms with Gasteiger partial charge in [-0.2, -0.15) is 5.10 Å². The lowest BCUT2D eigenvalue weighted by molar-refractivity contribution is 0.428. The van der Waals surface area contributed by atoms with Gasteiger partial charge < -0.3 is 10.6 Å². The second kappa shape index (κ2) is 5.89. The molecule has 1 aliphatic rings. The summed E-state index contributed by atoms with van der Waals surface area (Å²) < 4.78 is 1.87. The molecule has 2 rings (SSSR count). The smallest absolute Gasteiger partial charge is 0.191 e. The van der Waals surface area contributed by atoms with Gasteiger partial charge in [0.1, 0.15) is 0 Å². The van der Waals surface area contributed by atoms with Crippen molar-refractivity contribution in [2.45, 2.75) is 39.2 Å². The van der Waals surface area contributed by atoms with Gasteiger partial charge in [-0.1, -0.05) is 12.8 Å². The number of aryl methyl sites for hydroxylation is 1. The van der Waals surface area contributed by atoms with Crippen LogP contribution >= 0.6 is 0 Å². The molecule has 2 N–H and O–H groups in total. The van der Waals surface area contributed by atoms with E-state index in [1.54, 1.807) is 0 Å². The summed E-state index contributed by atoms with van der Waals surface area (Å²) in [6.45, 7) is 4.77. The van der Waals surface area contributed by atoms with Crippen molar-refractivity contribution >= 4 is 5.96 Å². The van der Waals surface area contributed by atoms with Crippen LogP contribution < -0.4 is 5.73 Å². The van der Waals surface area contributed by atoms with E-state index >= 15 is 0 Å². The zero-order chi connectivity index (χ0) is 13.0. The van der Waals surface area contributed by atoms with Gasteiger partial charge in [-0.25, -0.2) is 4.99 Å². The van der Waals surface area contributed by atoms with Gasteiger partial charge in [0.2, 0.25) is 0 Å². The molecular formula is C13H23N5. The molecule has 0 aromatic carbocycles. The predicted octanol–water partition coefficient (Wildman–Crippen LogP) is 1.42. The Morgan fingerprint density at radius 3 is 2.56 bits per heavy atom. The molecule has 18 heavy (non-hydrogen) atoms. The first-order valence-corrected chi connectivity index (χ1v) is 6.71. The molecule has 0 unspecified atom stereocenters. The molecule has 1 fully saturated rings. The average Bonchev–Trinajstić information content (AvgIpc) is 2.63. The Labute approximate surface area is 109 Å². The third kappa shape index (κ3) is 3.03. The SMILES string of the molecule is Cc1c(CN=C(N)N2CCCCCC2)cnn1C. The van der Waals surface area contributed by atoms with Gasteiger partial charge in [-0.05, 0) is 19.8 Å². The Bertz CT molecular complexity index is 413. The number of aliphatic imine (C=N–C) groups is 1. The minimum atomic E-state index is 0.627. The zero-order valence-corrected chi connectivity index (χ0v) is 11.4. The number of hydrogen-bond donors (Lipinski definition) is 1. The summed E-state index contributed by atoms with van der Waals surface area (Å²) in [7, 11) is 1.95. The summed E-state index contributed by atoms with van der Waals surface area (Å²) in [4.78, 5) is 6.71. The van der Waals surface area contributed by atoms with Crippen molar-refractivity contribution in [2.24, 2.45) is 17.8 Å². The summed E-state index contributed by atoms with van der Waals surface area (Å²) in [5.74, 6) is 0.681. The van der Waals surface area contributed by atoms with E-state index in [0.29, 0.717) is 12.5 Å². The highest BCUT2D eigenvalue weighted by Gasteiger charge is 2.11. The summed E-state index contributed by atoms with van der Waals surface area (Å²) in [6.07, 6.45) is 6.94. The highest BCUT2D eigenvalue weighted by molar-refractivity contribution is 5.78. The maximum Gasteiger partial charge on any atom is 0.191 e. The van der Waals surface area contributed by atoms with E-state index in [4.69, 9.17) is 5.73 Å². The number of guanidine groups is 1. The van der Waals surface area contributed by atoms with Crippen LogP contribution in [0.15, 0.2) is 11.2 Å². The minimum absolute atomic E-state index is 0.627. The first-order valence-electron chi connectivity index (χ1n) is 6.71. The molecule has 0 spiro atoms. The molecule has 1 aliphatic heterocycles. The van der Waals surface area contributed by atoms with Gasteiger partial charge in [-0.15, -0.1) is 0 Å². The van der Waals surface area contributed by atoms with E-state index in [1.807, 2.05) is 17.9 Å². The Morgan fingerprint density at radius 1 is 1.33 bits per heavy atom. The fraction of sp³-hybridized carbons (Fsp3) is 0.692. The number of rotatable bonds is 2. The maximum atomic E-state index is 6.07. The van der Waals surface area contributed by atoms with Gasteiger partial charge >= 0.3 is 0 Å². The Balaban J connectivity index is 1.97. The molecule has 0 saturated carbocycles. The van der Waals surface area contributed by atoms with Crippen molar-refractivity contribution in [2.75, 3.05) is 13.1 Å². The first-order chi connectivity index (χ1) is 8.68. The van der Waals surface area contributed by atoms with E-state index in [-0.39, 0.29) is 0 Å². The van der Waals surface area contributed by atoms with Crippen LogP contribution in [0.1, 0.15) is 36.9 Å². The van der Waals surface area contributed by atoms with Crippen molar-refractivity contribution in [1.29, 1.82) is 0 Å². The van der Waals surface area contributed by atoms with Crippen LogP contribution in [0.2, 0.25) is 0 Å². The molecule has 1 aromatic rings. The summed E-state index contributed by atoms with van der Waals surface area (Å²) in [5, 5.41) is 4.21. The second-order valence-electron chi connectivity index (χ2n) is 4.95.